The van der Waals surface area contributed by atoms with Crippen molar-refractivity contribution in [1.29, 1.82) is 0 Å². The van der Waals surface area contributed by atoms with Crippen LogP contribution in [0.1, 0.15) is 28.8 Å². The monoisotopic (exact) mass is 386 g/mol. The van der Waals surface area contributed by atoms with Crippen LogP contribution in [0.2, 0.25) is 0 Å². The van der Waals surface area contributed by atoms with Crippen LogP contribution in [-0.4, -0.2) is 47.3 Å². The van der Waals surface area contributed by atoms with E-state index in [-0.39, 0.29) is 44.3 Å². The third-order valence-electron chi connectivity index (χ3n) is 5.08. The van der Waals surface area contributed by atoms with Gasteiger partial charge >= 0.3 is 0 Å². The van der Waals surface area contributed by atoms with Crippen LogP contribution in [0.5, 0.6) is 0 Å². The molecule has 146 valence electrons. The molecule has 1 fully saturated rings. The van der Waals surface area contributed by atoms with Gasteiger partial charge in [0.05, 0.1) is 24.3 Å². The lowest BCUT2D eigenvalue weighted by atomic mass is 10.1. The number of hydrogen-bond acceptors (Lipinski definition) is 4. The van der Waals surface area contributed by atoms with Crippen molar-refractivity contribution in [3.8, 4) is 0 Å². The van der Waals surface area contributed by atoms with Crippen molar-refractivity contribution >= 4 is 23.3 Å². The number of rotatable bonds is 3. The molecule has 0 aliphatic carbocycles. The quantitative estimate of drug-likeness (QED) is 0.881. The first kappa shape index (κ1) is 18.3. The van der Waals surface area contributed by atoms with E-state index >= 15 is 0 Å². The predicted octanol–water partition coefficient (Wildman–Crippen LogP) is 2.91. The summed E-state index contributed by atoms with van der Waals surface area (Å²) in [5.74, 6) is -2.66. The smallest absolute Gasteiger partial charge is 0.255 e. The van der Waals surface area contributed by atoms with Gasteiger partial charge in [0.1, 0.15) is 0 Å². The molecule has 2 aliphatic rings. The van der Waals surface area contributed by atoms with Crippen LogP contribution in [0.15, 0.2) is 42.6 Å². The third kappa shape index (κ3) is 3.67. The minimum atomic E-state index is -2.71. The van der Waals surface area contributed by atoms with E-state index in [9.17, 15) is 18.4 Å². The molecule has 1 aromatic carbocycles. The van der Waals surface area contributed by atoms with Gasteiger partial charge in [-0.1, -0.05) is 30.3 Å². The molecule has 0 saturated carbocycles. The number of fused-ring (bicyclic) bond motifs is 1. The van der Waals surface area contributed by atoms with Crippen LogP contribution in [0.25, 0.3) is 0 Å². The number of likely N-dealkylation sites (tertiary alicyclic amines) is 1. The highest BCUT2D eigenvalue weighted by Gasteiger charge is 2.36. The van der Waals surface area contributed by atoms with E-state index in [1.807, 2.05) is 30.3 Å². The van der Waals surface area contributed by atoms with Crippen LogP contribution in [0.4, 0.5) is 20.3 Å². The molecule has 2 aliphatic heterocycles. The average molecular weight is 386 g/mol. The number of carbonyl (C=O) groups excluding carboxylic acids is 2. The van der Waals surface area contributed by atoms with Gasteiger partial charge in [-0.3, -0.25) is 9.59 Å². The number of benzene rings is 1. The van der Waals surface area contributed by atoms with Gasteiger partial charge in [0.2, 0.25) is 5.91 Å². The second-order valence-corrected chi connectivity index (χ2v) is 7.06. The number of piperidine rings is 1. The minimum absolute atomic E-state index is 0.00777. The second kappa shape index (κ2) is 7.18. The van der Waals surface area contributed by atoms with Gasteiger partial charge < -0.3 is 15.1 Å². The van der Waals surface area contributed by atoms with Gasteiger partial charge in [-0.2, -0.15) is 0 Å². The zero-order valence-corrected chi connectivity index (χ0v) is 15.2. The largest absolute Gasteiger partial charge is 0.359 e. The standard InChI is InChI=1S/C20H20F2N4O2/c21-20(22)6-8-25(9-7-20)19(28)15-10-16-18(23-11-15)24-12-17(27)26(16)13-14-4-2-1-3-5-14/h1-5,10-11H,6-9,12-13H2,(H,23,24). The molecule has 28 heavy (non-hydrogen) atoms. The van der Waals surface area contributed by atoms with Crippen molar-refractivity contribution in [2.45, 2.75) is 25.3 Å². The Morgan fingerprint density at radius 3 is 2.61 bits per heavy atom. The molecule has 1 saturated heterocycles. The first-order valence-electron chi connectivity index (χ1n) is 9.18. The van der Waals surface area contributed by atoms with Crippen LogP contribution < -0.4 is 10.2 Å². The molecule has 0 radical (unpaired) electrons. The highest BCUT2D eigenvalue weighted by atomic mass is 19.3. The van der Waals surface area contributed by atoms with Crippen LogP contribution in [0, 0.1) is 0 Å². The van der Waals surface area contributed by atoms with Gasteiger partial charge in [-0.25, -0.2) is 13.8 Å². The summed E-state index contributed by atoms with van der Waals surface area (Å²) < 4.78 is 26.7. The van der Waals surface area contributed by atoms with Crippen molar-refractivity contribution < 1.29 is 18.4 Å². The van der Waals surface area contributed by atoms with Crippen molar-refractivity contribution in [1.82, 2.24) is 9.88 Å². The van der Waals surface area contributed by atoms with E-state index < -0.39 is 5.92 Å². The summed E-state index contributed by atoms with van der Waals surface area (Å²) in [5.41, 5.74) is 1.77. The normalized spacial score (nSPS) is 18.4. The van der Waals surface area contributed by atoms with E-state index in [0.29, 0.717) is 23.6 Å². The van der Waals surface area contributed by atoms with E-state index in [2.05, 4.69) is 10.3 Å². The van der Waals surface area contributed by atoms with Gasteiger partial charge in [-0.05, 0) is 11.6 Å². The predicted molar refractivity (Wildman–Crippen MR) is 100 cm³/mol. The fourth-order valence-corrected chi connectivity index (χ4v) is 3.46. The molecule has 0 unspecified atom stereocenters. The van der Waals surface area contributed by atoms with Crippen molar-refractivity contribution in [2.75, 3.05) is 29.9 Å². The minimum Gasteiger partial charge on any atom is -0.359 e. The number of nitrogens with one attached hydrogen (secondary N) is 1. The van der Waals surface area contributed by atoms with Crippen molar-refractivity contribution in [3.63, 3.8) is 0 Å². The highest BCUT2D eigenvalue weighted by Crippen LogP contribution is 2.32. The number of halogens is 2. The third-order valence-corrected chi connectivity index (χ3v) is 5.08. The molecule has 8 heteroatoms. The number of carbonyl (C=O) groups is 2. The summed E-state index contributed by atoms with van der Waals surface area (Å²) in [5, 5.41) is 2.96. The maximum atomic E-state index is 13.4. The Hall–Kier alpha value is -3.03. The molecule has 0 spiro atoms. The second-order valence-electron chi connectivity index (χ2n) is 7.06. The molecule has 3 heterocycles. The maximum absolute atomic E-state index is 13.4. The molecule has 4 rings (SSSR count). The molecular weight excluding hydrogens is 366 g/mol. The molecule has 2 amide bonds. The van der Waals surface area contributed by atoms with Gasteiger partial charge in [0, 0.05) is 32.1 Å². The fraction of sp³-hybridized carbons (Fsp3) is 0.350. The lowest BCUT2D eigenvalue weighted by molar-refractivity contribution is -0.117. The van der Waals surface area contributed by atoms with Gasteiger partial charge in [0.25, 0.3) is 11.8 Å². The van der Waals surface area contributed by atoms with E-state index in [0.717, 1.165) is 5.56 Å². The lowest BCUT2D eigenvalue weighted by Crippen LogP contribution is -2.43. The van der Waals surface area contributed by atoms with E-state index in [1.54, 1.807) is 11.0 Å². The molecule has 0 atom stereocenters. The van der Waals surface area contributed by atoms with Gasteiger partial charge in [-0.15, -0.1) is 0 Å². The summed E-state index contributed by atoms with van der Waals surface area (Å²) in [6, 6.07) is 11.2. The highest BCUT2D eigenvalue weighted by molar-refractivity contribution is 6.04. The number of alkyl halides is 2. The number of amides is 2. The molecule has 6 nitrogen and oxygen atoms in total. The van der Waals surface area contributed by atoms with Crippen molar-refractivity contribution in [3.05, 3.63) is 53.7 Å². The molecule has 0 bridgehead atoms. The molecule has 1 N–H and O–H groups in total. The van der Waals surface area contributed by atoms with E-state index in [1.165, 1.54) is 11.1 Å². The number of anilines is 2. The zero-order valence-electron chi connectivity index (χ0n) is 15.2. The number of aromatic nitrogens is 1. The Labute approximate surface area is 161 Å². The molecule has 2 aromatic rings. The summed E-state index contributed by atoms with van der Waals surface area (Å²) in [6.45, 7) is 0.507. The number of nitrogens with zero attached hydrogens (tertiary/aromatic N) is 3. The summed E-state index contributed by atoms with van der Waals surface area (Å²) in [7, 11) is 0. The molecule has 1 aromatic heterocycles. The maximum Gasteiger partial charge on any atom is 0.255 e. The Bertz CT molecular complexity index is 894. The Morgan fingerprint density at radius 1 is 1.18 bits per heavy atom. The number of pyridine rings is 1. The van der Waals surface area contributed by atoms with Crippen LogP contribution in [-0.2, 0) is 11.3 Å². The first-order chi connectivity index (χ1) is 13.4. The Morgan fingerprint density at radius 2 is 1.89 bits per heavy atom. The van der Waals surface area contributed by atoms with Gasteiger partial charge in [0.15, 0.2) is 5.82 Å². The summed E-state index contributed by atoms with van der Waals surface area (Å²) >= 11 is 0. The number of hydrogen-bond donors (Lipinski definition) is 1. The average Bonchev–Trinajstić information content (AvgIpc) is 2.70. The first-order valence-corrected chi connectivity index (χ1v) is 9.18. The molecular formula is C20H20F2N4O2. The Balaban J connectivity index is 1.59. The zero-order chi connectivity index (χ0) is 19.7. The fourth-order valence-electron chi connectivity index (χ4n) is 3.46. The lowest BCUT2D eigenvalue weighted by Gasteiger charge is -2.33. The van der Waals surface area contributed by atoms with Crippen molar-refractivity contribution in [2.24, 2.45) is 0 Å². The van der Waals surface area contributed by atoms with E-state index in [4.69, 9.17) is 0 Å². The Kier molecular flexibility index (Phi) is 4.70. The van der Waals surface area contributed by atoms with Crippen LogP contribution in [0.3, 0.4) is 0 Å². The summed E-state index contributed by atoms with van der Waals surface area (Å²) in [4.78, 5) is 32.5. The summed E-state index contributed by atoms with van der Waals surface area (Å²) in [6.07, 6.45) is 0.756. The SMILES string of the molecule is O=C(c1cnc2c(c1)N(Cc1ccccc1)C(=O)CN2)N1CCC(F)(F)CC1. The topological polar surface area (TPSA) is 65.5 Å². The van der Waals surface area contributed by atoms with Crippen LogP contribution >= 0.6 is 0 Å².